The monoisotopic (exact) mass is 522 g/mol. The van der Waals surface area contributed by atoms with E-state index in [2.05, 4.69) is 31.1 Å². The number of ketones is 1. The smallest absolute Gasteiger partial charge is 0.219 e. The van der Waals surface area contributed by atoms with E-state index in [1.165, 1.54) is 0 Å². The first-order valence-electron chi connectivity index (χ1n) is 13.5. The van der Waals surface area contributed by atoms with Crippen LogP contribution in [0, 0.1) is 5.92 Å². The van der Waals surface area contributed by atoms with Gasteiger partial charge in [0.25, 0.3) is 0 Å². The first-order valence-corrected chi connectivity index (χ1v) is 13.5. The van der Waals surface area contributed by atoms with Gasteiger partial charge in [-0.1, -0.05) is 39.8 Å². The van der Waals surface area contributed by atoms with Gasteiger partial charge in [0.2, 0.25) is 5.91 Å². The van der Waals surface area contributed by atoms with Gasteiger partial charge in [0, 0.05) is 38.2 Å². The van der Waals surface area contributed by atoms with E-state index < -0.39 is 0 Å². The van der Waals surface area contributed by atoms with Crippen molar-refractivity contribution in [3.05, 3.63) is 29.8 Å². The van der Waals surface area contributed by atoms with Crippen LogP contribution in [0.1, 0.15) is 80.2 Å². The van der Waals surface area contributed by atoms with Crippen molar-refractivity contribution in [3.63, 3.8) is 0 Å². The lowest BCUT2D eigenvalue weighted by molar-refractivity contribution is -0.129. The Bertz CT molecular complexity index is 791. The van der Waals surface area contributed by atoms with Gasteiger partial charge in [-0.05, 0) is 64.2 Å². The van der Waals surface area contributed by atoms with Crippen molar-refractivity contribution in [1.82, 2.24) is 15.8 Å². The number of carbonyl (C=O) groups is 2. The van der Waals surface area contributed by atoms with Gasteiger partial charge in [0.15, 0.2) is 5.78 Å². The Kier molecular flexibility index (Phi) is 17.7. The number of ether oxygens (including phenoxy) is 1. The van der Waals surface area contributed by atoms with Crippen molar-refractivity contribution in [3.8, 4) is 5.75 Å². The van der Waals surface area contributed by atoms with E-state index in [9.17, 15) is 14.1 Å². The molecule has 0 aliphatic carbocycles. The van der Waals surface area contributed by atoms with Crippen molar-refractivity contribution >= 4 is 17.9 Å². The lowest BCUT2D eigenvalue weighted by atomic mass is 9.93. The standard InChI is InChI=1S/C27H45FN4O3.C2H6/c1-20(2)26(34)25(30-27(4,5)6)18-22-11-13-24(14-12-22)35-17-16-32(21(3)33)15-9-8-10-23(31-28)19-29-7;1-2/h11-14,19-20,23,25,30-31H,8-10,15-18H2,1-7H3;1-2H3. The summed E-state index contributed by atoms with van der Waals surface area (Å²) in [6.07, 6.45) is 4.35. The summed E-state index contributed by atoms with van der Waals surface area (Å²) in [5, 5.41) is 3.45. The average molecular weight is 523 g/mol. The van der Waals surface area contributed by atoms with E-state index in [4.69, 9.17) is 4.74 Å². The molecule has 8 heteroatoms. The molecule has 1 aromatic rings. The molecular weight excluding hydrogens is 471 g/mol. The number of nitrogens with one attached hydrogen (secondary N) is 2. The zero-order valence-electron chi connectivity index (χ0n) is 24.6. The highest BCUT2D eigenvalue weighted by atomic mass is 19.2. The number of amides is 1. The highest BCUT2D eigenvalue weighted by Gasteiger charge is 2.25. The second kappa shape index (κ2) is 18.9. The molecule has 0 saturated carbocycles. The zero-order chi connectivity index (χ0) is 28.4. The van der Waals surface area contributed by atoms with Crippen LogP contribution in [0.15, 0.2) is 29.3 Å². The molecule has 0 fully saturated rings. The lowest BCUT2D eigenvalue weighted by Crippen LogP contribution is -2.50. The minimum absolute atomic E-state index is 0.00792. The molecule has 1 aromatic carbocycles. The molecule has 1 rings (SSSR count). The molecule has 2 unspecified atom stereocenters. The predicted molar refractivity (Wildman–Crippen MR) is 152 cm³/mol. The molecule has 0 heterocycles. The van der Waals surface area contributed by atoms with Gasteiger partial charge in [-0.3, -0.25) is 14.6 Å². The molecule has 2 N–H and O–H groups in total. The van der Waals surface area contributed by atoms with Crippen LogP contribution in [0.25, 0.3) is 0 Å². The van der Waals surface area contributed by atoms with Gasteiger partial charge < -0.3 is 15.0 Å². The predicted octanol–water partition coefficient (Wildman–Crippen LogP) is 5.18. The third-order valence-corrected chi connectivity index (χ3v) is 5.62. The maximum atomic E-state index is 12.7. The van der Waals surface area contributed by atoms with E-state index >= 15 is 0 Å². The Morgan fingerprint density at radius 3 is 2.22 bits per heavy atom. The Morgan fingerprint density at radius 2 is 1.73 bits per heavy atom. The van der Waals surface area contributed by atoms with E-state index in [0.717, 1.165) is 24.2 Å². The SMILES string of the molecule is CC.CN=CC(CCCCN(CCOc1ccc(CC(NC(C)(C)C)C(=O)C(C)C)cc1)C(C)=O)NF. The van der Waals surface area contributed by atoms with E-state index in [0.29, 0.717) is 32.5 Å². The van der Waals surface area contributed by atoms with Crippen molar-refractivity contribution in [2.45, 2.75) is 98.7 Å². The zero-order valence-corrected chi connectivity index (χ0v) is 24.6. The summed E-state index contributed by atoms with van der Waals surface area (Å²) >= 11 is 0. The summed E-state index contributed by atoms with van der Waals surface area (Å²) < 4.78 is 18.5. The number of carbonyl (C=O) groups excluding carboxylic acids is 2. The van der Waals surface area contributed by atoms with Crippen molar-refractivity contribution in [2.24, 2.45) is 10.9 Å². The number of benzene rings is 1. The fraction of sp³-hybridized carbons (Fsp3) is 0.690. The average Bonchev–Trinajstić information content (AvgIpc) is 2.85. The molecule has 0 spiro atoms. The number of unbranched alkanes of at least 4 members (excludes halogenated alkanes) is 1. The van der Waals surface area contributed by atoms with E-state index in [-0.39, 0.29) is 35.2 Å². The topological polar surface area (TPSA) is 83.0 Å². The maximum Gasteiger partial charge on any atom is 0.219 e. The number of halogens is 1. The third kappa shape index (κ3) is 15.5. The van der Waals surface area contributed by atoms with E-state index in [1.807, 2.05) is 52.0 Å². The quantitative estimate of drug-likeness (QED) is 0.178. The summed E-state index contributed by atoms with van der Waals surface area (Å²) in [5.74, 6) is 0.892. The number of rotatable bonds is 16. The van der Waals surface area contributed by atoms with Crippen molar-refractivity contribution < 1.29 is 18.8 Å². The highest BCUT2D eigenvalue weighted by molar-refractivity contribution is 5.86. The third-order valence-electron chi connectivity index (χ3n) is 5.62. The van der Waals surface area contributed by atoms with Crippen LogP contribution < -0.4 is 15.6 Å². The fourth-order valence-electron chi connectivity index (χ4n) is 3.81. The minimum Gasteiger partial charge on any atom is -0.492 e. The number of nitrogens with zero attached hydrogens (tertiary/aromatic N) is 2. The summed E-state index contributed by atoms with van der Waals surface area (Å²) in [5.41, 5.74) is 2.64. The Hall–Kier alpha value is -2.32. The molecule has 0 bridgehead atoms. The van der Waals surface area contributed by atoms with Crippen LogP contribution in [0.5, 0.6) is 5.75 Å². The lowest BCUT2D eigenvalue weighted by Gasteiger charge is -2.29. The molecular formula is C29H51FN4O3. The van der Waals surface area contributed by atoms with Crippen LogP contribution in [0.3, 0.4) is 0 Å². The molecule has 1 amide bonds. The molecule has 212 valence electrons. The largest absolute Gasteiger partial charge is 0.492 e. The number of hydrogen-bond acceptors (Lipinski definition) is 6. The number of hydrogen-bond donors (Lipinski definition) is 2. The summed E-state index contributed by atoms with van der Waals surface area (Å²) in [6.45, 7) is 17.1. The van der Waals surface area contributed by atoms with Gasteiger partial charge in [0.1, 0.15) is 12.4 Å². The van der Waals surface area contributed by atoms with Crippen LogP contribution >= 0.6 is 0 Å². The van der Waals surface area contributed by atoms with Crippen LogP contribution in [-0.2, 0) is 16.0 Å². The summed E-state index contributed by atoms with van der Waals surface area (Å²) in [4.78, 5) is 30.2. The van der Waals surface area contributed by atoms with Crippen LogP contribution in [-0.4, -0.2) is 67.2 Å². The normalized spacial score (nSPS) is 13.2. The van der Waals surface area contributed by atoms with Gasteiger partial charge in [0.05, 0.1) is 18.6 Å². The van der Waals surface area contributed by atoms with Crippen molar-refractivity contribution in [2.75, 3.05) is 26.7 Å². The van der Waals surface area contributed by atoms with Crippen LogP contribution in [0.2, 0.25) is 0 Å². The molecule has 0 saturated heterocycles. The summed E-state index contributed by atoms with van der Waals surface area (Å²) in [6, 6.07) is 7.15. The Labute approximate surface area is 224 Å². The van der Waals surface area contributed by atoms with Gasteiger partial charge >= 0.3 is 0 Å². The first kappa shape index (κ1) is 34.7. The van der Waals surface area contributed by atoms with Gasteiger partial charge in [-0.2, -0.15) is 5.54 Å². The molecule has 0 aromatic heterocycles. The Balaban J connectivity index is 0.00000631. The second-order valence-corrected chi connectivity index (χ2v) is 10.3. The molecule has 7 nitrogen and oxygen atoms in total. The Morgan fingerprint density at radius 1 is 1.11 bits per heavy atom. The number of Topliss-reactive ketones (excluding diaryl/α,β-unsaturated/α-hetero) is 1. The molecule has 37 heavy (non-hydrogen) atoms. The van der Waals surface area contributed by atoms with E-state index in [1.54, 1.807) is 30.6 Å². The molecule has 0 radical (unpaired) electrons. The minimum atomic E-state index is -0.389. The molecule has 0 aliphatic rings. The molecule has 2 atom stereocenters. The first-order chi connectivity index (χ1) is 17.5. The van der Waals surface area contributed by atoms with Gasteiger partial charge in [-0.25, -0.2) is 0 Å². The highest BCUT2D eigenvalue weighted by Crippen LogP contribution is 2.16. The fourth-order valence-corrected chi connectivity index (χ4v) is 3.81. The maximum absolute atomic E-state index is 12.7. The van der Waals surface area contributed by atoms with Crippen molar-refractivity contribution in [1.29, 1.82) is 0 Å². The molecule has 0 aliphatic heterocycles. The van der Waals surface area contributed by atoms with Crippen LogP contribution in [0.4, 0.5) is 4.48 Å². The second-order valence-electron chi connectivity index (χ2n) is 10.3. The number of aliphatic imine (C=N–C) groups is 1. The summed E-state index contributed by atoms with van der Waals surface area (Å²) in [7, 11) is 1.62. The van der Waals surface area contributed by atoms with Gasteiger partial charge in [-0.15, -0.1) is 4.48 Å².